The fourth-order valence-corrected chi connectivity index (χ4v) is 3.98. The number of carbonyl (C=O) groups is 2. The molecule has 1 unspecified atom stereocenters. The molecule has 0 saturated carbocycles. The van der Waals surface area contributed by atoms with Gasteiger partial charge in [0.15, 0.2) is 5.01 Å². The Morgan fingerprint density at radius 1 is 1.33 bits per heavy atom. The number of thiazole rings is 1. The summed E-state index contributed by atoms with van der Waals surface area (Å²) in [7, 11) is 0. The number of nitrogens with one attached hydrogen (secondary N) is 1. The number of rotatable bonds is 3. The van der Waals surface area contributed by atoms with Crippen LogP contribution in [0.2, 0.25) is 0 Å². The van der Waals surface area contributed by atoms with Gasteiger partial charge in [-0.25, -0.2) is 4.98 Å². The van der Waals surface area contributed by atoms with Gasteiger partial charge in [0.2, 0.25) is 11.8 Å². The summed E-state index contributed by atoms with van der Waals surface area (Å²) in [5.41, 5.74) is 2.82. The number of anilines is 2. The molecule has 3 aromatic rings. The van der Waals surface area contributed by atoms with E-state index in [0.717, 1.165) is 16.0 Å². The van der Waals surface area contributed by atoms with Gasteiger partial charge >= 0.3 is 0 Å². The van der Waals surface area contributed by atoms with E-state index < -0.39 is 5.92 Å². The zero-order valence-electron chi connectivity index (χ0n) is 14.2. The van der Waals surface area contributed by atoms with Gasteiger partial charge in [0.05, 0.1) is 16.1 Å². The molecule has 0 saturated heterocycles. The molecule has 0 radical (unpaired) electrons. The maximum atomic E-state index is 12.9. The third-order valence-electron chi connectivity index (χ3n) is 4.48. The standard InChI is InChI=1S/C20H14N4O2S/c1-2-19(25)24-11-14(13-5-3-4-6-16(13)24)20(26)22-12-7-8-17-15(9-12)23-18(10-21)27-17/h2-9,14H,1,11H2,(H,22,26). The van der Waals surface area contributed by atoms with Crippen LogP contribution in [0.25, 0.3) is 10.2 Å². The number of nitrogens with zero attached hydrogens (tertiary/aromatic N) is 3. The van der Waals surface area contributed by atoms with E-state index in [4.69, 9.17) is 5.26 Å². The predicted molar refractivity (Wildman–Crippen MR) is 105 cm³/mol. The lowest BCUT2D eigenvalue weighted by atomic mass is 10.0. The summed E-state index contributed by atoms with van der Waals surface area (Å²) < 4.78 is 0.888. The van der Waals surface area contributed by atoms with E-state index in [1.807, 2.05) is 36.4 Å². The number of hydrogen-bond acceptors (Lipinski definition) is 5. The van der Waals surface area contributed by atoms with Crippen molar-refractivity contribution >= 4 is 44.7 Å². The Hall–Kier alpha value is -3.50. The summed E-state index contributed by atoms with van der Waals surface area (Å²) in [6, 6.07) is 14.8. The first-order valence-electron chi connectivity index (χ1n) is 8.25. The second-order valence-electron chi connectivity index (χ2n) is 6.07. The third-order valence-corrected chi connectivity index (χ3v) is 5.42. The highest BCUT2D eigenvalue weighted by atomic mass is 32.1. The number of hydrogen-bond donors (Lipinski definition) is 1. The molecule has 2 amide bonds. The van der Waals surface area contributed by atoms with Crippen LogP contribution < -0.4 is 10.2 Å². The van der Waals surface area contributed by atoms with Crippen LogP contribution in [0.15, 0.2) is 55.1 Å². The van der Waals surface area contributed by atoms with Gasteiger partial charge in [-0.1, -0.05) is 24.8 Å². The number of benzene rings is 2. The summed E-state index contributed by atoms with van der Waals surface area (Å²) in [5.74, 6) is -0.895. The minimum Gasteiger partial charge on any atom is -0.325 e. The average Bonchev–Trinajstić information content (AvgIpc) is 3.28. The van der Waals surface area contributed by atoms with Gasteiger partial charge in [-0.15, -0.1) is 11.3 Å². The molecule has 27 heavy (non-hydrogen) atoms. The van der Waals surface area contributed by atoms with Gasteiger partial charge in [-0.2, -0.15) is 5.26 Å². The summed E-state index contributed by atoms with van der Waals surface area (Å²) >= 11 is 1.31. The molecule has 0 aliphatic carbocycles. The zero-order valence-corrected chi connectivity index (χ0v) is 15.0. The molecular formula is C20H14N4O2S. The molecule has 132 valence electrons. The lowest BCUT2D eigenvalue weighted by Crippen LogP contribution is -2.31. The molecule has 1 atom stereocenters. The van der Waals surface area contributed by atoms with Crippen molar-refractivity contribution in [3.63, 3.8) is 0 Å². The Labute approximate surface area is 159 Å². The van der Waals surface area contributed by atoms with Crippen molar-refractivity contribution in [2.45, 2.75) is 5.92 Å². The minimum absolute atomic E-state index is 0.197. The van der Waals surface area contributed by atoms with E-state index >= 15 is 0 Å². The molecule has 1 aliphatic rings. The SMILES string of the molecule is C=CC(=O)N1CC(C(=O)Nc2ccc3sc(C#N)nc3c2)c2ccccc21. The molecule has 0 bridgehead atoms. The van der Waals surface area contributed by atoms with Crippen molar-refractivity contribution in [2.24, 2.45) is 0 Å². The second kappa shape index (κ2) is 6.67. The molecule has 7 heteroatoms. The van der Waals surface area contributed by atoms with Gasteiger partial charge in [-0.05, 0) is 35.9 Å². The maximum Gasteiger partial charge on any atom is 0.250 e. The smallest absolute Gasteiger partial charge is 0.250 e. The fourth-order valence-electron chi connectivity index (χ4n) is 3.23. The number of carbonyl (C=O) groups excluding carboxylic acids is 2. The highest BCUT2D eigenvalue weighted by molar-refractivity contribution is 7.19. The predicted octanol–water partition coefficient (Wildman–Crippen LogP) is 3.42. The van der Waals surface area contributed by atoms with E-state index in [0.29, 0.717) is 16.2 Å². The molecule has 1 aliphatic heterocycles. The first-order chi connectivity index (χ1) is 13.1. The fraction of sp³-hybridized carbons (Fsp3) is 0.100. The molecule has 6 nitrogen and oxygen atoms in total. The first-order valence-corrected chi connectivity index (χ1v) is 9.07. The molecule has 1 aromatic heterocycles. The monoisotopic (exact) mass is 374 g/mol. The highest BCUT2D eigenvalue weighted by Crippen LogP contribution is 2.37. The van der Waals surface area contributed by atoms with Gasteiger partial charge in [0, 0.05) is 17.9 Å². The van der Waals surface area contributed by atoms with Crippen molar-refractivity contribution in [3.05, 3.63) is 65.7 Å². The van der Waals surface area contributed by atoms with Crippen molar-refractivity contribution < 1.29 is 9.59 Å². The van der Waals surface area contributed by atoms with Crippen molar-refractivity contribution in [1.29, 1.82) is 5.26 Å². The Balaban J connectivity index is 1.61. The van der Waals surface area contributed by atoms with Gasteiger partial charge < -0.3 is 10.2 Å². The molecule has 0 fully saturated rings. The molecule has 4 rings (SSSR count). The van der Waals surface area contributed by atoms with Crippen LogP contribution in [0, 0.1) is 11.3 Å². The van der Waals surface area contributed by atoms with Crippen molar-refractivity contribution in [2.75, 3.05) is 16.8 Å². The van der Waals surface area contributed by atoms with Crippen LogP contribution in [0.5, 0.6) is 0 Å². The largest absolute Gasteiger partial charge is 0.325 e. The Bertz CT molecular complexity index is 1130. The maximum absolute atomic E-state index is 12.9. The number of nitriles is 1. The minimum atomic E-state index is -0.467. The molecule has 0 spiro atoms. The first kappa shape index (κ1) is 16.9. The molecule has 2 heterocycles. The highest BCUT2D eigenvalue weighted by Gasteiger charge is 2.35. The summed E-state index contributed by atoms with van der Waals surface area (Å²) in [6.07, 6.45) is 1.25. The van der Waals surface area contributed by atoms with E-state index in [9.17, 15) is 9.59 Å². The Morgan fingerprint density at radius 3 is 2.93 bits per heavy atom. The summed E-state index contributed by atoms with van der Waals surface area (Å²) in [6.45, 7) is 3.80. The topological polar surface area (TPSA) is 86.1 Å². The quantitative estimate of drug-likeness (QED) is 0.712. The number of para-hydroxylation sites is 1. The van der Waals surface area contributed by atoms with E-state index in [-0.39, 0.29) is 18.4 Å². The van der Waals surface area contributed by atoms with Gasteiger partial charge in [0.25, 0.3) is 0 Å². The van der Waals surface area contributed by atoms with Crippen molar-refractivity contribution in [1.82, 2.24) is 4.98 Å². The van der Waals surface area contributed by atoms with E-state index in [1.54, 1.807) is 17.0 Å². The lowest BCUT2D eigenvalue weighted by molar-refractivity contribution is -0.117. The zero-order chi connectivity index (χ0) is 19.0. The second-order valence-corrected chi connectivity index (χ2v) is 7.10. The molecular weight excluding hydrogens is 360 g/mol. The van der Waals surface area contributed by atoms with Crippen molar-refractivity contribution in [3.8, 4) is 6.07 Å². The number of fused-ring (bicyclic) bond motifs is 2. The normalized spacial score (nSPS) is 15.2. The average molecular weight is 374 g/mol. The lowest BCUT2D eigenvalue weighted by Gasteiger charge is -2.15. The summed E-state index contributed by atoms with van der Waals surface area (Å²) in [4.78, 5) is 30.8. The van der Waals surface area contributed by atoms with Crippen LogP contribution in [0.4, 0.5) is 11.4 Å². The summed E-state index contributed by atoms with van der Waals surface area (Å²) in [5, 5.41) is 12.3. The Morgan fingerprint density at radius 2 is 2.15 bits per heavy atom. The van der Waals surface area contributed by atoms with Gasteiger partial charge in [-0.3, -0.25) is 9.59 Å². The van der Waals surface area contributed by atoms with E-state index in [2.05, 4.69) is 16.9 Å². The van der Waals surface area contributed by atoms with Crippen LogP contribution in [-0.2, 0) is 9.59 Å². The Kier molecular flexibility index (Phi) is 4.18. The number of amides is 2. The molecule has 1 N–H and O–H groups in total. The third kappa shape index (κ3) is 2.96. The van der Waals surface area contributed by atoms with Crippen LogP contribution in [-0.4, -0.2) is 23.3 Å². The molecule has 2 aromatic carbocycles. The van der Waals surface area contributed by atoms with Crippen LogP contribution >= 0.6 is 11.3 Å². The van der Waals surface area contributed by atoms with Crippen LogP contribution in [0.1, 0.15) is 16.5 Å². The number of aromatic nitrogens is 1. The van der Waals surface area contributed by atoms with Crippen LogP contribution in [0.3, 0.4) is 0 Å². The van der Waals surface area contributed by atoms with E-state index in [1.165, 1.54) is 17.4 Å². The van der Waals surface area contributed by atoms with Gasteiger partial charge in [0.1, 0.15) is 6.07 Å².